The number of allylic oxidation sites excluding steroid dienone is 1. The van der Waals surface area contributed by atoms with Crippen LogP contribution in [-0.4, -0.2) is 11.2 Å². The number of hydrogen-bond donors (Lipinski definition) is 0. The summed E-state index contributed by atoms with van der Waals surface area (Å²) < 4.78 is 6.48. The standard InChI is InChI=1S/C14H22O/c1-12(2)11-6-9-13(3)7-4-5-8-14(13,10-11)15-12/h5,8,11H,4,6-7,9-10H2,1-3H3/t11?,13-,14+/m0/s1. The quantitative estimate of drug-likeness (QED) is 0.549. The van der Waals surface area contributed by atoms with Crippen molar-refractivity contribution in [2.45, 2.75) is 64.1 Å². The summed E-state index contributed by atoms with van der Waals surface area (Å²) in [7, 11) is 0. The summed E-state index contributed by atoms with van der Waals surface area (Å²) in [5, 5.41) is 0. The van der Waals surface area contributed by atoms with Gasteiger partial charge in [-0.2, -0.15) is 0 Å². The molecule has 2 bridgehead atoms. The minimum absolute atomic E-state index is 0.0810. The van der Waals surface area contributed by atoms with Crippen molar-refractivity contribution in [1.82, 2.24) is 0 Å². The van der Waals surface area contributed by atoms with Crippen LogP contribution in [0.2, 0.25) is 0 Å². The molecule has 1 heteroatoms. The number of ether oxygens (including phenoxy) is 1. The highest BCUT2D eigenvalue weighted by atomic mass is 16.5. The average Bonchev–Trinajstić information content (AvgIpc) is 2.38. The minimum atomic E-state index is 0.0810. The summed E-state index contributed by atoms with van der Waals surface area (Å²) in [4.78, 5) is 0. The predicted molar refractivity (Wildman–Crippen MR) is 61.7 cm³/mol. The van der Waals surface area contributed by atoms with Crippen molar-refractivity contribution < 1.29 is 4.74 Å². The first-order valence-corrected chi connectivity index (χ1v) is 6.35. The summed E-state index contributed by atoms with van der Waals surface area (Å²) in [6.07, 6.45) is 11.2. The molecule has 0 N–H and O–H groups in total. The van der Waals surface area contributed by atoms with Crippen LogP contribution in [-0.2, 0) is 4.74 Å². The second kappa shape index (κ2) is 2.68. The Bertz CT molecular complexity index is 317. The van der Waals surface area contributed by atoms with Crippen molar-refractivity contribution in [3.8, 4) is 0 Å². The maximum absolute atomic E-state index is 6.48. The molecule has 3 rings (SSSR count). The van der Waals surface area contributed by atoms with E-state index in [2.05, 4.69) is 32.9 Å². The van der Waals surface area contributed by atoms with Gasteiger partial charge in [0.25, 0.3) is 0 Å². The maximum atomic E-state index is 6.48. The van der Waals surface area contributed by atoms with Gasteiger partial charge in [0.2, 0.25) is 0 Å². The van der Waals surface area contributed by atoms with Gasteiger partial charge in [-0.25, -0.2) is 0 Å². The largest absolute Gasteiger partial charge is 0.364 e. The highest BCUT2D eigenvalue weighted by molar-refractivity contribution is 5.22. The van der Waals surface area contributed by atoms with E-state index in [4.69, 9.17) is 4.74 Å². The van der Waals surface area contributed by atoms with Crippen LogP contribution >= 0.6 is 0 Å². The molecule has 3 aliphatic rings. The van der Waals surface area contributed by atoms with Crippen molar-refractivity contribution >= 4 is 0 Å². The van der Waals surface area contributed by atoms with Crippen LogP contribution in [0, 0.1) is 11.3 Å². The molecular weight excluding hydrogens is 184 g/mol. The van der Waals surface area contributed by atoms with E-state index in [1.54, 1.807) is 0 Å². The minimum Gasteiger partial charge on any atom is -0.364 e. The van der Waals surface area contributed by atoms with Crippen molar-refractivity contribution in [1.29, 1.82) is 0 Å². The van der Waals surface area contributed by atoms with Crippen LogP contribution in [0.25, 0.3) is 0 Å². The summed E-state index contributed by atoms with van der Waals surface area (Å²) >= 11 is 0. The Morgan fingerprint density at radius 3 is 2.80 bits per heavy atom. The third-order valence-corrected chi connectivity index (χ3v) is 5.29. The van der Waals surface area contributed by atoms with Crippen molar-refractivity contribution in [2.75, 3.05) is 0 Å². The molecular formula is C14H22O. The molecule has 1 spiro atoms. The van der Waals surface area contributed by atoms with E-state index < -0.39 is 0 Å². The smallest absolute Gasteiger partial charge is 0.0926 e. The Balaban J connectivity index is 2.06. The zero-order chi connectivity index (χ0) is 10.7. The molecule has 1 unspecified atom stereocenters. The van der Waals surface area contributed by atoms with E-state index in [0.717, 1.165) is 5.92 Å². The topological polar surface area (TPSA) is 9.23 Å². The Morgan fingerprint density at radius 1 is 1.20 bits per heavy atom. The molecule has 0 amide bonds. The van der Waals surface area contributed by atoms with E-state index in [1.165, 1.54) is 32.1 Å². The zero-order valence-corrected chi connectivity index (χ0v) is 10.2. The molecule has 0 aromatic rings. The number of hydrogen-bond acceptors (Lipinski definition) is 1. The Morgan fingerprint density at radius 2 is 2.00 bits per heavy atom. The summed E-state index contributed by atoms with van der Waals surface area (Å²) in [6.45, 7) is 7.00. The number of rotatable bonds is 0. The van der Waals surface area contributed by atoms with Gasteiger partial charge in [-0.1, -0.05) is 19.1 Å². The lowest BCUT2D eigenvalue weighted by Gasteiger charge is -2.49. The van der Waals surface area contributed by atoms with Crippen LogP contribution in [0.3, 0.4) is 0 Å². The van der Waals surface area contributed by atoms with E-state index in [0.29, 0.717) is 5.41 Å². The first kappa shape index (κ1) is 9.89. The van der Waals surface area contributed by atoms with Crippen LogP contribution < -0.4 is 0 Å². The van der Waals surface area contributed by atoms with Crippen molar-refractivity contribution in [3.63, 3.8) is 0 Å². The Labute approximate surface area is 92.9 Å². The second-order valence-electron chi connectivity index (χ2n) is 6.54. The van der Waals surface area contributed by atoms with E-state index in [9.17, 15) is 0 Å². The molecule has 0 aromatic heterocycles. The third kappa shape index (κ3) is 1.13. The van der Waals surface area contributed by atoms with Crippen LogP contribution in [0.15, 0.2) is 12.2 Å². The van der Waals surface area contributed by atoms with Gasteiger partial charge >= 0.3 is 0 Å². The SMILES string of the molecule is CC1(C)O[C@@]23C=CCC[C@@]2(C)CCC1C3. The van der Waals surface area contributed by atoms with Crippen molar-refractivity contribution in [2.24, 2.45) is 11.3 Å². The van der Waals surface area contributed by atoms with Crippen LogP contribution in [0.4, 0.5) is 0 Å². The van der Waals surface area contributed by atoms with Gasteiger partial charge in [-0.15, -0.1) is 0 Å². The monoisotopic (exact) mass is 206 g/mol. The lowest BCUT2D eigenvalue weighted by atomic mass is 9.58. The lowest BCUT2D eigenvalue weighted by molar-refractivity contribution is -0.123. The molecule has 3 atom stereocenters. The summed E-state index contributed by atoms with van der Waals surface area (Å²) in [5.41, 5.74) is 0.586. The van der Waals surface area contributed by atoms with Crippen LogP contribution in [0.1, 0.15) is 52.9 Å². The molecule has 0 aromatic carbocycles. The van der Waals surface area contributed by atoms with E-state index in [-0.39, 0.29) is 11.2 Å². The fourth-order valence-corrected chi connectivity index (χ4v) is 4.05. The van der Waals surface area contributed by atoms with Crippen LogP contribution in [0.5, 0.6) is 0 Å². The molecule has 1 aliphatic heterocycles. The second-order valence-corrected chi connectivity index (χ2v) is 6.54. The van der Waals surface area contributed by atoms with Gasteiger partial charge in [0, 0.05) is 5.41 Å². The highest BCUT2D eigenvalue weighted by Crippen LogP contribution is 2.62. The highest BCUT2D eigenvalue weighted by Gasteiger charge is 2.61. The van der Waals surface area contributed by atoms with E-state index >= 15 is 0 Å². The van der Waals surface area contributed by atoms with Gasteiger partial charge in [-0.3, -0.25) is 0 Å². The fraction of sp³-hybridized carbons (Fsp3) is 0.857. The normalized spacial score (nSPS) is 51.5. The predicted octanol–water partition coefficient (Wildman–Crippen LogP) is 3.69. The van der Waals surface area contributed by atoms with Gasteiger partial charge < -0.3 is 4.74 Å². The third-order valence-electron chi connectivity index (χ3n) is 5.29. The molecule has 1 nitrogen and oxygen atoms in total. The summed E-state index contributed by atoms with van der Waals surface area (Å²) in [6, 6.07) is 0. The zero-order valence-electron chi connectivity index (χ0n) is 10.2. The van der Waals surface area contributed by atoms with Gasteiger partial charge in [-0.05, 0) is 51.9 Å². The van der Waals surface area contributed by atoms with Gasteiger partial charge in [0.15, 0.2) is 0 Å². The Kier molecular flexibility index (Phi) is 1.77. The lowest BCUT2D eigenvalue weighted by Crippen LogP contribution is -2.48. The maximum Gasteiger partial charge on any atom is 0.0926 e. The molecule has 1 saturated carbocycles. The molecule has 0 radical (unpaired) electrons. The molecule has 1 heterocycles. The first-order valence-electron chi connectivity index (χ1n) is 6.35. The molecule has 1 saturated heterocycles. The average molecular weight is 206 g/mol. The van der Waals surface area contributed by atoms with E-state index in [1.807, 2.05) is 0 Å². The molecule has 84 valence electrons. The van der Waals surface area contributed by atoms with Gasteiger partial charge in [0.05, 0.1) is 11.2 Å². The molecule has 15 heavy (non-hydrogen) atoms. The molecule has 2 aliphatic carbocycles. The van der Waals surface area contributed by atoms with Crippen molar-refractivity contribution in [3.05, 3.63) is 12.2 Å². The summed E-state index contributed by atoms with van der Waals surface area (Å²) in [5.74, 6) is 0.772. The first-order chi connectivity index (χ1) is 6.98. The number of fused-ring (bicyclic) bond motifs is 1. The molecule has 2 fully saturated rings. The Hall–Kier alpha value is -0.300. The van der Waals surface area contributed by atoms with Gasteiger partial charge in [0.1, 0.15) is 0 Å². The fourth-order valence-electron chi connectivity index (χ4n) is 4.05.